The molecule has 3 aromatic rings. The van der Waals surface area contributed by atoms with E-state index in [0.717, 1.165) is 37.2 Å². The van der Waals surface area contributed by atoms with Crippen molar-refractivity contribution in [2.45, 2.75) is 18.9 Å². The molecule has 0 bridgehead atoms. The quantitative estimate of drug-likeness (QED) is 0.657. The second-order valence-electron chi connectivity index (χ2n) is 6.18. The van der Waals surface area contributed by atoms with Crippen LogP contribution in [0.3, 0.4) is 0 Å². The first kappa shape index (κ1) is 19.8. The Balaban J connectivity index is 0.00000210. The van der Waals surface area contributed by atoms with Crippen molar-refractivity contribution in [3.63, 3.8) is 0 Å². The predicted molar refractivity (Wildman–Crippen MR) is 111 cm³/mol. The van der Waals surface area contributed by atoms with Crippen molar-refractivity contribution in [1.29, 1.82) is 0 Å². The van der Waals surface area contributed by atoms with Gasteiger partial charge in [-0.1, -0.05) is 23.7 Å². The van der Waals surface area contributed by atoms with E-state index in [-0.39, 0.29) is 18.3 Å². The summed E-state index contributed by atoms with van der Waals surface area (Å²) < 4.78 is 1.88. The number of aromatic nitrogens is 3. The van der Waals surface area contributed by atoms with Gasteiger partial charge in [0.05, 0.1) is 11.7 Å². The molecular weight excluding hydrogens is 405 g/mol. The zero-order chi connectivity index (χ0) is 17.9. The Kier molecular flexibility index (Phi) is 6.49. The Morgan fingerprint density at radius 2 is 2.11 bits per heavy atom. The van der Waals surface area contributed by atoms with Crippen LogP contribution in [0.25, 0.3) is 11.3 Å². The van der Waals surface area contributed by atoms with Crippen molar-refractivity contribution >= 4 is 46.4 Å². The first-order chi connectivity index (χ1) is 12.7. The van der Waals surface area contributed by atoms with Crippen LogP contribution < -0.4 is 10.6 Å². The average Bonchev–Trinajstić information content (AvgIpc) is 3.33. The first-order valence-corrected chi connectivity index (χ1v) is 9.73. The zero-order valence-corrected chi connectivity index (χ0v) is 16.8. The third kappa shape index (κ3) is 4.68. The van der Waals surface area contributed by atoms with E-state index in [0.29, 0.717) is 21.9 Å². The Morgan fingerprint density at radius 1 is 1.30 bits per heavy atom. The molecule has 3 heterocycles. The molecule has 27 heavy (non-hydrogen) atoms. The second-order valence-corrected chi connectivity index (χ2v) is 7.47. The van der Waals surface area contributed by atoms with E-state index in [1.807, 2.05) is 40.5 Å². The normalized spacial score (nSPS) is 16.6. The second kappa shape index (κ2) is 8.84. The van der Waals surface area contributed by atoms with Gasteiger partial charge in [0.25, 0.3) is 5.91 Å². The first-order valence-electron chi connectivity index (χ1n) is 8.48. The number of thiazole rings is 1. The van der Waals surface area contributed by atoms with Gasteiger partial charge in [-0.05, 0) is 37.6 Å². The number of halogens is 2. The number of amides is 1. The standard InChI is InChI=1S/C18H18ClN5OS.ClH/c19-13-5-3-12(4-6-13)16-11-26-18(21-16)22-17(25)15-7-9-24(23-15)14-2-1-8-20-10-14;/h3-7,9,11,14,20H,1-2,8,10H2,(H,21,22,25);1H. The third-order valence-electron chi connectivity index (χ3n) is 4.35. The number of nitrogens with one attached hydrogen (secondary N) is 2. The molecule has 1 aliphatic rings. The highest BCUT2D eigenvalue weighted by Gasteiger charge is 2.18. The lowest BCUT2D eigenvalue weighted by molar-refractivity contribution is 0.102. The van der Waals surface area contributed by atoms with E-state index in [9.17, 15) is 4.79 Å². The Hall–Kier alpha value is -1.93. The number of carbonyl (C=O) groups is 1. The molecule has 1 aromatic carbocycles. The summed E-state index contributed by atoms with van der Waals surface area (Å²) in [6, 6.07) is 9.51. The molecule has 0 radical (unpaired) electrons. The molecule has 142 valence electrons. The molecule has 4 rings (SSSR count). The van der Waals surface area contributed by atoms with E-state index < -0.39 is 0 Å². The number of carbonyl (C=O) groups excluding carboxylic acids is 1. The van der Waals surface area contributed by atoms with Gasteiger partial charge in [0.2, 0.25) is 0 Å². The molecule has 1 aliphatic heterocycles. The number of piperidine rings is 1. The van der Waals surface area contributed by atoms with Crippen molar-refractivity contribution in [3.8, 4) is 11.3 Å². The predicted octanol–water partition coefficient (Wildman–Crippen LogP) is 4.26. The lowest BCUT2D eigenvalue weighted by Gasteiger charge is -2.22. The maximum atomic E-state index is 12.4. The molecule has 9 heteroatoms. The number of benzene rings is 1. The lowest BCUT2D eigenvalue weighted by atomic mass is 10.1. The number of nitrogens with zero attached hydrogens (tertiary/aromatic N) is 3. The summed E-state index contributed by atoms with van der Waals surface area (Å²) in [7, 11) is 0. The van der Waals surface area contributed by atoms with Crippen LogP contribution in [0.4, 0.5) is 5.13 Å². The van der Waals surface area contributed by atoms with Crippen LogP contribution in [-0.4, -0.2) is 33.8 Å². The van der Waals surface area contributed by atoms with Crippen molar-refractivity contribution in [3.05, 3.63) is 52.6 Å². The fourth-order valence-electron chi connectivity index (χ4n) is 2.97. The Morgan fingerprint density at radius 3 is 2.85 bits per heavy atom. The van der Waals surface area contributed by atoms with Crippen molar-refractivity contribution in [2.24, 2.45) is 0 Å². The molecular formula is C18H19Cl2N5OS. The van der Waals surface area contributed by atoms with Gasteiger partial charge >= 0.3 is 0 Å². The summed E-state index contributed by atoms with van der Waals surface area (Å²) in [4.78, 5) is 16.9. The van der Waals surface area contributed by atoms with Gasteiger partial charge in [-0.15, -0.1) is 23.7 Å². The molecule has 1 fully saturated rings. The number of hydrogen-bond donors (Lipinski definition) is 2. The summed E-state index contributed by atoms with van der Waals surface area (Å²) >= 11 is 7.30. The highest BCUT2D eigenvalue weighted by atomic mass is 35.5. The topological polar surface area (TPSA) is 71.8 Å². The molecule has 1 unspecified atom stereocenters. The van der Waals surface area contributed by atoms with E-state index in [1.54, 1.807) is 6.07 Å². The molecule has 1 amide bonds. The zero-order valence-electron chi connectivity index (χ0n) is 14.4. The average molecular weight is 424 g/mol. The van der Waals surface area contributed by atoms with E-state index in [1.165, 1.54) is 11.3 Å². The van der Waals surface area contributed by atoms with Gasteiger partial charge in [0.1, 0.15) is 0 Å². The minimum absolute atomic E-state index is 0. The van der Waals surface area contributed by atoms with Crippen LogP contribution in [-0.2, 0) is 0 Å². The van der Waals surface area contributed by atoms with Crippen molar-refractivity contribution in [2.75, 3.05) is 18.4 Å². The summed E-state index contributed by atoms with van der Waals surface area (Å²) in [5.74, 6) is -0.246. The molecule has 0 spiro atoms. The minimum Gasteiger partial charge on any atom is -0.315 e. The van der Waals surface area contributed by atoms with Crippen molar-refractivity contribution < 1.29 is 4.79 Å². The summed E-state index contributed by atoms with van der Waals surface area (Å²) in [6.07, 6.45) is 4.07. The molecule has 2 aromatic heterocycles. The number of hydrogen-bond acceptors (Lipinski definition) is 5. The highest BCUT2D eigenvalue weighted by molar-refractivity contribution is 7.14. The third-order valence-corrected chi connectivity index (χ3v) is 5.36. The molecule has 0 aliphatic carbocycles. The Bertz CT molecular complexity index is 903. The highest BCUT2D eigenvalue weighted by Crippen LogP contribution is 2.26. The molecule has 1 saturated heterocycles. The van der Waals surface area contributed by atoms with Crippen molar-refractivity contribution in [1.82, 2.24) is 20.1 Å². The Labute approximate surface area is 172 Å². The van der Waals surface area contributed by atoms with Crippen LogP contribution in [0.1, 0.15) is 29.4 Å². The number of rotatable bonds is 4. The molecule has 2 N–H and O–H groups in total. The largest absolute Gasteiger partial charge is 0.315 e. The van der Waals surface area contributed by atoms with Gasteiger partial charge in [0.15, 0.2) is 10.8 Å². The molecule has 0 saturated carbocycles. The van der Waals surface area contributed by atoms with E-state index in [2.05, 4.69) is 20.7 Å². The minimum atomic E-state index is -0.246. The summed E-state index contributed by atoms with van der Waals surface area (Å²) in [6.45, 7) is 1.94. The van der Waals surface area contributed by atoms with Crippen LogP contribution >= 0.6 is 35.3 Å². The lowest BCUT2D eigenvalue weighted by Crippen LogP contribution is -2.32. The smallest absolute Gasteiger partial charge is 0.277 e. The van der Waals surface area contributed by atoms with Crippen LogP contribution in [0.15, 0.2) is 41.9 Å². The van der Waals surface area contributed by atoms with E-state index in [4.69, 9.17) is 11.6 Å². The van der Waals surface area contributed by atoms with Gasteiger partial charge in [-0.25, -0.2) is 4.98 Å². The van der Waals surface area contributed by atoms with Gasteiger partial charge in [-0.2, -0.15) is 5.10 Å². The fourth-order valence-corrected chi connectivity index (χ4v) is 3.81. The summed E-state index contributed by atoms with van der Waals surface area (Å²) in [5, 5.41) is 13.8. The maximum Gasteiger partial charge on any atom is 0.277 e. The van der Waals surface area contributed by atoms with Crippen LogP contribution in [0.5, 0.6) is 0 Å². The fraction of sp³-hybridized carbons (Fsp3) is 0.278. The maximum absolute atomic E-state index is 12.4. The number of anilines is 1. The molecule has 6 nitrogen and oxygen atoms in total. The summed E-state index contributed by atoms with van der Waals surface area (Å²) in [5.41, 5.74) is 2.17. The van der Waals surface area contributed by atoms with Gasteiger partial charge in [0, 0.05) is 28.7 Å². The SMILES string of the molecule is Cl.O=C(Nc1nc(-c2ccc(Cl)cc2)cs1)c1ccn(C2CCCNC2)n1. The van der Waals surface area contributed by atoms with Gasteiger partial charge < -0.3 is 5.32 Å². The molecule has 1 atom stereocenters. The van der Waals surface area contributed by atoms with Crippen LogP contribution in [0, 0.1) is 0 Å². The van der Waals surface area contributed by atoms with E-state index >= 15 is 0 Å². The van der Waals surface area contributed by atoms with Gasteiger partial charge in [-0.3, -0.25) is 14.8 Å². The van der Waals surface area contributed by atoms with Crippen LogP contribution in [0.2, 0.25) is 5.02 Å². The monoisotopic (exact) mass is 423 g/mol.